The van der Waals surface area contributed by atoms with Gasteiger partial charge in [0, 0.05) is 10.3 Å². The third-order valence-electron chi connectivity index (χ3n) is 2.85. The largest absolute Gasteiger partial charge is 0.459 e. The molecule has 2 heterocycles. The first-order chi connectivity index (χ1) is 9.31. The normalized spacial score (nSPS) is 10.7. The van der Waals surface area contributed by atoms with Gasteiger partial charge in [-0.1, -0.05) is 24.3 Å². The summed E-state index contributed by atoms with van der Waals surface area (Å²) in [6, 6.07) is 13.7. The summed E-state index contributed by atoms with van der Waals surface area (Å²) in [5, 5.41) is 5.91. The number of nitrogens with one attached hydrogen (secondary N) is 1. The van der Waals surface area contributed by atoms with Crippen LogP contribution < -0.4 is 5.32 Å². The lowest BCUT2D eigenvalue weighted by atomic mass is 10.2. The molecule has 3 nitrogen and oxygen atoms in total. The summed E-state index contributed by atoms with van der Waals surface area (Å²) in [5.41, 5.74) is 0.852. The van der Waals surface area contributed by atoms with E-state index in [0.717, 1.165) is 21.6 Å². The zero-order valence-electron chi connectivity index (χ0n) is 10.3. The van der Waals surface area contributed by atoms with Crippen LogP contribution in [-0.4, -0.2) is 5.91 Å². The second-order valence-electron chi connectivity index (χ2n) is 4.28. The zero-order chi connectivity index (χ0) is 13.1. The lowest BCUT2D eigenvalue weighted by molar-refractivity contribution is -0.120. The van der Waals surface area contributed by atoms with E-state index >= 15 is 0 Å². The van der Waals surface area contributed by atoms with Gasteiger partial charge in [-0.2, -0.15) is 0 Å². The average Bonchev–Trinajstić information content (AvgIpc) is 3.04. The summed E-state index contributed by atoms with van der Waals surface area (Å²) in [6.45, 7) is 0.429. The molecule has 1 amide bonds. The van der Waals surface area contributed by atoms with Gasteiger partial charge < -0.3 is 9.73 Å². The van der Waals surface area contributed by atoms with Crippen molar-refractivity contribution in [3.05, 3.63) is 58.5 Å². The van der Waals surface area contributed by atoms with Crippen molar-refractivity contribution in [2.45, 2.75) is 13.0 Å². The molecule has 0 spiro atoms. The summed E-state index contributed by atoms with van der Waals surface area (Å²) >= 11 is 1.59. The van der Waals surface area contributed by atoms with E-state index in [1.165, 1.54) is 0 Å². The van der Waals surface area contributed by atoms with Crippen LogP contribution in [0.25, 0.3) is 11.0 Å². The number of thiophene rings is 1. The first-order valence-corrected chi connectivity index (χ1v) is 6.96. The van der Waals surface area contributed by atoms with Crippen LogP contribution >= 0.6 is 11.3 Å². The Balaban J connectivity index is 1.61. The van der Waals surface area contributed by atoms with E-state index in [0.29, 0.717) is 13.0 Å². The van der Waals surface area contributed by atoms with E-state index < -0.39 is 0 Å². The van der Waals surface area contributed by atoms with Gasteiger partial charge in [0.2, 0.25) is 5.91 Å². The monoisotopic (exact) mass is 271 g/mol. The minimum absolute atomic E-state index is 0.0166. The molecule has 3 aromatic rings. The maximum absolute atomic E-state index is 11.8. The zero-order valence-corrected chi connectivity index (χ0v) is 11.1. The predicted molar refractivity (Wildman–Crippen MR) is 76.1 cm³/mol. The Morgan fingerprint density at radius 2 is 2.11 bits per heavy atom. The number of hydrogen-bond donors (Lipinski definition) is 1. The van der Waals surface area contributed by atoms with Crippen LogP contribution in [0.2, 0.25) is 0 Å². The molecule has 0 bridgehead atoms. The fraction of sp³-hybridized carbons (Fsp3) is 0.133. The van der Waals surface area contributed by atoms with Gasteiger partial charge >= 0.3 is 0 Å². The fourth-order valence-electron chi connectivity index (χ4n) is 1.94. The molecule has 3 rings (SSSR count). The van der Waals surface area contributed by atoms with Crippen molar-refractivity contribution in [3.8, 4) is 0 Å². The molecule has 0 aliphatic rings. The average molecular weight is 271 g/mol. The molecular weight excluding hydrogens is 258 g/mol. The van der Waals surface area contributed by atoms with Gasteiger partial charge in [0.15, 0.2) is 0 Å². The molecule has 0 saturated heterocycles. The van der Waals surface area contributed by atoms with Gasteiger partial charge in [-0.15, -0.1) is 11.3 Å². The number of fused-ring (bicyclic) bond motifs is 1. The highest BCUT2D eigenvalue weighted by atomic mass is 32.1. The van der Waals surface area contributed by atoms with Gasteiger partial charge in [-0.25, -0.2) is 0 Å². The number of hydrogen-bond acceptors (Lipinski definition) is 3. The van der Waals surface area contributed by atoms with Gasteiger partial charge in [0.1, 0.15) is 11.3 Å². The van der Waals surface area contributed by atoms with Crippen molar-refractivity contribution < 1.29 is 9.21 Å². The second-order valence-corrected chi connectivity index (χ2v) is 5.32. The van der Waals surface area contributed by atoms with Crippen LogP contribution in [0.5, 0.6) is 0 Å². The van der Waals surface area contributed by atoms with Crippen molar-refractivity contribution >= 4 is 28.2 Å². The van der Waals surface area contributed by atoms with E-state index in [1.54, 1.807) is 11.3 Å². The van der Waals surface area contributed by atoms with Crippen LogP contribution in [0.4, 0.5) is 0 Å². The lowest BCUT2D eigenvalue weighted by Crippen LogP contribution is -2.23. The summed E-state index contributed by atoms with van der Waals surface area (Å²) in [7, 11) is 0. The summed E-state index contributed by atoms with van der Waals surface area (Å²) < 4.78 is 5.64. The molecule has 96 valence electrons. The van der Waals surface area contributed by atoms with Crippen molar-refractivity contribution in [3.63, 3.8) is 0 Å². The first kappa shape index (κ1) is 12.0. The fourth-order valence-corrected chi connectivity index (χ4v) is 2.65. The van der Waals surface area contributed by atoms with Crippen LogP contribution in [0, 0.1) is 0 Å². The van der Waals surface area contributed by atoms with Gasteiger partial charge in [-0.3, -0.25) is 4.79 Å². The highest BCUT2D eigenvalue weighted by Gasteiger charge is 2.06. The SMILES string of the molecule is O=C(Cc1cccs1)NCc1cc2ccccc2o1. The number of rotatable bonds is 4. The van der Waals surface area contributed by atoms with Crippen LogP contribution in [0.15, 0.2) is 52.3 Å². The summed E-state index contributed by atoms with van der Waals surface area (Å²) in [4.78, 5) is 12.8. The molecule has 0 saturated carbocycles. The Morgan fingerprint density at radius 1 is 1.21 bits per heavy atom. The molecule has 0 unspecified atom stereocenters. The van der Waals surface area contributed by atoms with E-state index in [1.807, 2.05) is 47.8 Å². The van der Waals surface area contributed by atoms with Gasteiger partial charge in [0.05, 0.1) is 13.0 Å². The summed E-state index contributed by atoms with van der Waals surface area (Å²) in [6.07, 6.45) is 0.428. The Morgan fingerprint density at radius 3 is 2.89 bits per heavy atom. The Labute approximate surface area is 114 Å². The molecular formula is C15H13NO2S. The number of para-hydroxylation sites is 1. The van der Waals surface area contributed by atoms with Crippen molar-refractivity contribution in [2.75, 3.05) is 0 Å². The topological polar surface area (TPSA) is 42.2 Å². The molecule has 4 heteroatoms. The van der Waals surface area contributed by atoms with E-state index in [4.69, 9.17) is 4.42 Å². The number of furan rings is 1. The smallest absolute Gasteiger partial charge is 0.225 e. The highest BCUT2D eigenvalue weighted by Crippen LogP contribution is 2.18. The standard InChI is InChI=1S/C15H13NO2S/c17-15(9-13-5-3-7-19-13)16-10-12-8-11-4-1-2-6-14(11)18-12/h1-8H,9-10H2,(H,16,17). The first-order valence-electron chi connectivity index (χ1n) is 6.08. The van der Waals surface area contributed by atoms with E-state index in [9.17, 15) is 4.79 Å². The van der Waals surface area contributed by atoms with Crippen LogP contribution in [-0.2, 0) is 17.8 Å². The predicted octanol–water partition coefficient (Wildman–Crippen LogP) is 3.35. The number of benzene rings is 1. The van der Waals surface area contributed by atoms with E-state index in [2.05, 4.69) is 5.32 Å². The summed E-state index contributed by atoms with van der Waals surface area (Å²) in [5.74, 6) is 0.795. The Kier molecular flexibility index (Phi) is 3.33. The molecule has 2 aromatic heterocycles. The Bertz CT molecular complexity index is 652. The molecule has 0 fully saturated rings. The molecule has 19 heavy (non-hydrogen) atoms. The maximum Gasteiger partial charge on any atom is 0.225 e. The number of carbonyl (C=O) groups is 1. The molecule has 0 atom stereocenters. The third-order valence-corrected chi connectivity index (χ3v) is 3.73. The van der Waals surface area contributed by atoms with Gasteiger partial charge in [-0.05, 0) is 23.6 Å². The minimum atomic E-state index is 0.0166. The number of carbonyl (C=O) groups excluding carboxylic acids is 1. The maximum atomic E-state index is 11.8. The van der Waals surface area contributed by atoms with Crippen LogP contribution in [0.1, 0.15) is 10.6 Å². The quantitative estimate of drug-likeness (QED) is 0.790. The Hall–Kier alpha value is -2.07. The van der Waals surface area contributed by atoms with Crippen LogP contribution in [0.3, 0.4) is 0 Å². The van der Waals surface area contributed by atoms with Gasteiger partial charge in [0.25, 0.3) is 0 Å². The molecule has 0 aliphatic heterocycles. The number of amides is 1. The van der Waals surface area contributed by atoms with E-state index in [-0.39, 0.29) is 5.91 Å². The van der Waals surface area contributed by atoms with Crippen molar-refractivity contribution in [2.24, 2.45) is 0 Å². The minimum Gasteiger partial charge on any atom is -0.459 e. The van der Waals surface area contributed by atoms with Crippen molar-refractivity contribution in [1.29, 1.82) is 0 Å². The molecule has 1 N–H and O–H groups in total. The molecule has 0 radical (unpaired) electrons. The molecule has 1 aromatic carbocycles. The molecule has 0 aliphatic carbocycles. The van der Waals surface area contributed by atoms with Crippen molar-refractivity contribution in [1.82, 2.24) is 5.32 Å². The highest BCUT2D eigenvalue weighted by molar-refractivity contribution is 7.10. The third kappa shape index (κ3) is 2.85. The lowest BCUT2D eigenvalue weighted by Gasteiger charge is -2.01. The second kappa shape index (κ2) is 5.28.